The predicted molar refractivity (Wildman–Crippen MR) is 124 cm³/mol. The van der Waals surface area contributed by atoms with Crippen molar-refractivity contribution in [1.82, 2.24) is 0 Å². The van der Waals surface area contributed by atoms with Crippen LogP contribution in [0.4, 0.5) is 10.7 Å². The maximum atomic E-state index is 12.5. The zero-order chi connectivity index (χ0) is 20.2. The van der Waals surface area contributed by atoms with Gasteiger partial charge in [0.2, 0.25) is 0 Å². The van der Waals surface area contributed by atoms with Crippen LogP contribution in [0.2, 0.25) is 0 Å². The number of anilines is 2. The normalized spacial score (nSPS) is 12.3. The number of fused-ring (bicyclic) bond motifs is 1. The fraction of sp³-hybridized carbons (Fsp3) is 0.217. The van der Waals surface area contributed by atoms with Crippen LogP contribution in [-0.2, 0) is 17.6 Å². The Bertz CT molecular complexity index is 1030. The summed E-state index contributed by atoms with van der Waals surface area (Å²) in [6.45, 7) is 2.18. The molecule has 0 spiro atoms. The lowest BCUT2D eigenvalue weighted by Gasteiger charge is -2.12. The maximum Gasteiger partial charge on any atom is 0.341 e. The summed E-state index contributed by atoms with van der Waals surface area (Å²) < 4.78 is 5.27. The van der Waals surface area contributed by atoms with E-state index in [0.29, 0.717) is 17.3 Å². The average molecular weight is 423 g/mol. The van der Waals surface area contributed by atoms with Crippen LogP contribution in [0, 0.1) is 0 Å². The highest BCUT2D eigenvalue weighted by Crippen LogP contribution is 2.39. The monoisotopic (exact) mass is 422 g/mol. The summed E-state index contributed by atoms with van der Waals surface area (Å²) in [5.41, 5.74) is 4.98. The summed E-state index contributed by atoms with van der Waals surface area (Å²) >= 11 is 7.10. The molecule has 3 aromatic rings. The van der Waals surface area contributed by atoms with Crippen LogP contribution >= 0.6 is 23.6 Å². The van der Waals surface area contributed by atoms with Gasteiger partial charge < -0.3 is 15.4 Å². The van der Waals surface area contributed by atoms with Crippen LogP contribution in [0.25, 0.3) is 11.1 Å². The number of carbonyl (C=O) groups excluding carboxylic acids is 1. The van der Waals surface area contributed by atoms with Crippen molar-refractivity contribution in [2.45, 2.75) is 26.2 Å². The minimum atomic E-state index is -0.274. The number of thiocarbonyl (C=S) groups is 1. The molecule has 0 saturated heterocycles. The second-order valence-electron chi connectivity index (χ2n) is 6.80. The standard InChI is InChI=1S/C23H22N2O2S2/c1-2-27-22(26)20-18-9-6-10-19(18)29-21(20)25-23(28)24-17-13-11-16(12-14-17)15-7-4-3-5-8-15/h3-5,7-8,11-14H,2,6,9-10H2,1H3,(H2,24,25,28). The molecule has 1 aromatic heterocycles. The van der Waals surface area contributed by atoms with Gasteiger partial charge in [-0.2, -0.15) is 0 Å². The first-order valence-corrected chi connectivity index (χ1v) is 10.9. The van der Waals surface area contributed by atoms with E-state index in [1.807, 2.05) is 37.3 Å². The van der Waals surface area contributed by atoms with Crippen molar-refractivity contribution < 1.29 is 9.53 Å². The Kier molecular flexibility index (Phi) is 5.92. The van der Waals surface area contributed by atoms with Crippen molar-refractivity contribution in [2.24, 2.45) is 0 Å². The average Bonchev–Trinajstić information content (AvgIpc) is 3.30. The molecule has 0 radical (unpaired) electrons. The van der Waals surface area contributed by atoms with Gasteiger partial charge in [0, 0.05) is 10.6 Å². The van der Waals surface area contributed by atoms with E-state index in [1.165, 1.54) is 10.4 Å². The minimum absolute atomic E-state index is 0.274. The van der Waals surface area contributed by atoms with E-state index in [-0.39, 0.29) is 5.97 Å². The highest BCUT2D eigenvalue weighted by Gasteiger charge is 2.27. The summed E-state index contributed by atoms with van der Waals surface area (Å²) in [4.78, 5) is 13.7. The number of hydrogen-bond donors (Lipinski definition) is 2. The van der Waals surface area contributed by atoms with Crippen molar-refractivity contribution in [3.8, 4) is 11.1 Å². The van der Waals surface area contributed by atoms with Crippen LogP contribution in [0.1, 0.15) is 34.1 Å². The van der Waals surface area contributed by atoms with E-state index >= 15 is 0 Å². The molecular formula is C23H22N2O2S2. The topological polar surface area (TPSA) is 50.4 Å². The molecule has 0 amide bonds. The van der Waals surface area contributed by atoms with E-state index in [1.54, 1.807) is 11.3 Å². The Labute approximate surface area is 179 Å². The molecule has 0 bridgehead atoms. The van der Waals surface area contributed by atoms with Gasteiger partial charge in [-0.25, -0.2) is 4.79 Å². The van der Waals surface area contributed by atoms with E-state index in [2.05, 4.69) is 34.9 Å². The van der Waals surface area contributed by atoms with Crippen LogP contribution in [-0.4, -0.2) is 17.7 Å². The number of aryl methyl sites for hydroxylation is 1. The van der Waals surface area contributed by atoms with E-state index in [4.69, 9.17) is 17.0 Å². The second kappa shape index (κ2) is 8.76. The molecule has 1 aliphatic carbocycles. The smallest absolute Gasteiger partial charge is 0.341 e. The van der Waals surface area contributed by atoms with Gasteiger partial charge in [-0.05, 0) is 67.2 Å². The third-order valence-electron chi connectivity index (χ3n) is 4.88. The number of esters is 1. The highest BCUT2D eigenvalue weighted by atomic mass is 32.1. The third-order valence-corrected chi connectivity index (χ3v) is 6.29. The molecule has 0 unspecified atom stereocenters. The number of thiophene rings is 1. The zero-order valence-corrected chi connectivity index (χ0v) is 17.8. The van der Waals surface area contributed by atoms with Crippen LogP contribution in [0.5, 0.6) is 0 Å². The quantitative estimate of drug-likeness (QED) is 0.397. The van der Waals surface area contributed by atoms with Crippen molar-refractivity contribution in [3.63, 3.8) is 0 Å². The van der Waals surface area contributed by atoms with Crippen LogP contribution < -0.4 is 10.6 Å². The Morgan fingerprint density at radius 2 is 1.76 bits per heavy atom. The lowest BCUT2D eigenvalue weighted by atomic mass is 10.1. The number of ether oxygens (including phenoxy) is 1. The zero-order valence-electron chi connectivity index (χ0n) is 16.2. The minimum Gasteiger partial charge on any atom is -0.462 e. The number of nitrogens with one attached hydrogen (secondary N) is 2. The molecule has 4 rings (SSSR count). The molecule has 2 aromatic carbocycles. The molecule has 0 atom stereocenters. The van der Waals surface area contributed by atoms with Gasteiger partial charge in [-0.1, -0.05) is 42.5 Å². The van der Waals surface area contributed by atoms with Gasteiger partial charge in [0.05, 0.1) is 12.2 Å². The second-order valence-corrected chi connectivity index (χ2v) is 8.32. The molecule has 0 aliphatic heterocycles. The lowest BCUT2D eigenvalue weighted by molar-refractivity contribution is 0.0527. The van der Waals surface area contributed by atoms with E-state index in [9.17, 15) is 4.79 Å². The van der Waals surface area contributed by atoms with Crippen molar-refractivity contribution in [1.29, 1.82) is 0 Å². The molecule has 1 aliphatic rings. The third kappa shape index (κ3) is 4.33. The summed E-state index contributed by atoms with van der Waals surface area (Å²) in [5.74, 6) is -0.274. The molecule has 0 fully saturated rings. The summed E-state index contributed by atoms with van der Waals surface area (Å²) in [5, 5.41) is 7.65. The van der Waals surface area contributed by atoms with Gasteiger partial charge in [-0.15, -0.1) is 11.3 Å². The molecule has 2 N–H and O–H groups in total. The molecular weight excluding hydrogens is 400 g/mol. The predicted octanol–water partition coefficient (Wildman–Crippen LogP) is 5.89. The molecule has 0 saturated carbocycles. The number of carbonyl (C=O) groups is 1. The van der Waals surface area contributed by atoms with E-state index < -0.39 is 0 Å². The SMILES string of the molecule is CCOC(=O)c1c(NC(=S)Nc2ccc(-c3ccccc3)cc2)sc2c1CCC2. The molecule has 29 heavy (non-hydrogen) atoms. The number of benzene rings is 2. The highest BCUT2D eigenvalue weighted by molar-refractivity contribution is 7.80. The van der Waals surface area contributed by atoms with Crippen molar-refractivity contribution in [3.05, 3.63) is 70.6 Å². The van der Waals surface area contributed by atoms with Crippen LogP contribution in [0.15, 0.2) is 54.6 Å². The molecule has 1 heterocycles. The Hall–Kier alpha value is -2.70. The number of rotatable bonds is 5. The molecule has 6 heteroatoms. The Morgan fingerprint density at radius 3 is 2.48 bits per heavy atom. The summed E-state index contributed by atoms with van der Waals surface area (Å²) in [6.07, 6.45) is 3.02. The summed E-state index contributed by atoms with van der Waals surface area (Å²) in [6, 6.07) is 18.3. The summed E-state index contributed by atoms with van der Waals surface area (Å²) in [7, 11) is 0. The van der Waals surface area contributed by atoms with Gasteiger partial charge in [0.15, 0.2) is 5.11 Å². The van der Waals surface area contributed by atoms with Gasteiger partial charge in [-0.3, -0.25) is 0 Å². The fourth-order valence-electron chi connectivity index (χ4n) is 3.55. The maximum absolute atomic E-state index is 12.5. The Balaban J connectivity index is 1.47. The molecule has 4 nitrogen and oxygen atoms in total. The van der Waals surface area contributed by atoms with E-state index in [0.717, 1.165) is 41.1 Å². The number of hydrogen-bond acceptors (Lipinski definition) is 4. The van der Waals surface area contributed by atoms with Gasteiger partial charge >= 0.3 is 5.97 Å². The first-order chi connectivity index (χ1) is 14.2. The Morgan fingerprint density at radius 1 is 1.03 bits per heavy atom. The van der Waals surface area contributed by atoms with Crippen molar-refractivity contribution in [2.75, 3.05) is 17.2 Å². The van der Waals surface area contributed by atoms with Gasteiger partial charge in [0.25, 0.3) is 0 Å². The van der Waals surface area contributed by atoms with Crippen LogP contribution in [0.3, 0.4) is 0 Å². The first-order valence-electron chi connectivity index (χ1n) is 9.71. The van der Waals surface area contributed by atoms with Crippen molar-refractivity contribution >= 4 is 45.3 Å². The largest absolute Gasteiger partial charge is 0.462 e. The molecule has 148 valence electrons. The van der Waals surface area contributed by atoms with Gasteiger partial charge in [0.1, 0.15) is 5.00 Å². The fourth-order valence-corrected chi connectivity index (χ4v) is 5.12. The lowest BCUT2D eigenvalue weighted by Crippen LogP contribution is -2.20. The first kappa shape index (κ1) is 19.6.